The van der Waals surface area contributed by atoms with E-state index in [1.807, 2.05) is 13.8 Å². The van der Waals surface area contributed by atoms with Crippen molar-refractivity contribution in [2.45, 2.75) is 40.2 Å². The molecule has 0 unspecified atom stereocenters. The minimum absolute atomic E-state index is 0.0234. The molecule has 0 aromatic rings. The molecule has 0 aromatic carbocycles. The van der Waals surface area contributed by atoms with Crippen molar-refractivity contribution in [1.82, 2.24) is 5.23 Å². The first-order valence-corrected chi connectivity index (χ1v) is 4.56. The van der Waals surface area contributed by atoms with Gasteiger partial charge in [-0.2, -0.15) is 0 Å². The van der Waals surface area contributed by atoms with E-state index in [0.717, 1.165) is 0 Å². The van der Waals surface area contributed by atoms with Crippen LogP contribution < -0.4 is 5.23 Å². The maximum absolute atomic E-state index is 11.2. The van der Waals surface area contributed by atoms with E-state index in [9.17, 15) is 9.59 Å². The molecule has 0 aromatic heterocycles. The van der Waals surface area contributed by atoms with Crippen molar-refractivity contribution < 1.29 is 9.59 Å². The average Bonchev–Trinajstić information content (AvgIpc) is 1.99. The van der Waals surface area contributed by atoms with Crippen molar-refractivity contribution >= 4 is 18.9 Å². The van der Waals surface area contributed by atoms with E-state index in [-0.39, 0.29) is 24.8 Å². The monoisotopic (exact) mass is 183 g/mol. The molecule has 1 N–H and O–H groups in total. The number of rotatable bonds is 5. The van der Waals surface area contributed by atoms with Crippen LogP contribution in [0.5, 0.6) is 0 Å². The molecule has 74 valence electrons. The van der Waals surface area contributed by atoms with Gasteiger partial charge in [-0.25, -0.2) is 0 Å². The van der Waals surface area contributed by atoms with Gasteiger partial charge in [0.05, 0.1) is 5.54 Å². The Bertz CT molecular complexity index is 212. The summed E-state index contributed by atoms with van der Waals surface area (Å²) in [6, 6.07) is 0. The van der Waals surface area contributed by atoms with Crippen molar-refractivity contribution in [3.8, 4) is 0 Å². The quantitative estimate of drug-likeness (QED) is 0.630. The molecule has 0 aliphatic carbocycles. The van der Waals surface area contributed by atoms with Crippen LogP contribution in [0.1, 0.15) is 34.6 Å². The molecule has 4 heteroatoms. The van der Waals surface area contributed by atoms with Gasteiger partial charge < -0.3 is 10.0 Å². The number of nitrogens with one attached hydrogen (secondary N) is 1. The predicted molar refractivity (Wildman–Crippen MR) is 54.9 cm³/mol. The lowest BCUT2D eigenvalue weighted by molar-refractivity contribution is -0.121. The highest BCUT2D eigenvalue weighted by molar-refractivity contribution is 6.72. The van der Waals surface area contributed by atoms with Crippen LogP contribution in [0.2, 0.25) is 0 Å². The summed E-state index contributed by atoms with van der Waals surface area (Å²) in [4.78, 5) is 22.3. The Kier molecular flexibility index (Phi) is 4.34. The lowest BCUT2D eigenvalue weighted by atomic mass is 9.77. The van der Waals surface area contributed by atoms with E-state index in [1.54, 1.807) is 13.8 Å². The van der Waals surface area contributed by atoms with Crippen LogP contribution in [0.3, 0.4) is 0 Å². The van der Waals surface area contributed by atoms with Gasteiger partial charge in [0, 0.05) is 5.92 Å². The third-order valence-electron chi connectivity index (χ3n) is 2.23. The van der Waals surface area contributed by atoms with Gasteiger partial charge in [0.1, 0.15) is 11.5 Å². The van der Waals surface area contributed by atoms with Crippen LogP contribution in [0, 0.1) is 5.92 Å². The Morgan fingerprint density at radius 1 is 1.31 bits per heavy atom. The van der Waals surface area contributed by atoms with Crippen molar-refractivity contribution in [3.05, 3.63) is 0 Å². The summed E-state index contributed by atoms with van der Waals surface area (Å²) in [5.41, 5.74) is -0.459. The molecule has 0 atom stereocenters. The first-order chi connectivity index (χ1) is 5.77. The third-order valence-corrected chi connectivity index (χ3v) is 2.23. The lowest BCUT2D eigenvalue weighted by Gasteiger charge is -2.22. The zero-order valence-electron chi connectivity index (χ0n) is 9.10. The van der Waals surface area contributed by atoms with E-state index in [1.165, 1.54) is 6.92 Å². The van der Waals surface area contributed by atoms with Crippen LogP contribution in [-0.2, 0) is 9.59 Å². The molecule has 0 bridgehead atoms. The highest BCUT2D eigenvalue weighted by atomic mass is 16.1. The highest BCUT2D eigenvalue weighted by Crippen LogP contribution is 2.02. The molecule has 0 radical (unpaired) electrons. The van der Waals surface area contributed by atoms with Crippen LogP contribution in [-0.4, -0.2) is 24.4 Å². The second-order valence-corrected chi connectivity index (χ2v) is 4.16. The summed E-state index contributed by atoms with van der Waals surface area (Å²) in [5, 5.41) is 2.94. The molecular formula is C9H18BNO2. The first-order valence-electron chi connectivity index (χ1n) is 4.56. The number of hydrogen-bond acceptors (Lipinski definition) is 3. The maximum atomic E-state index is 11.2. The van der Waals surface area contributed by atoms with E-state index in [2.05, 4.69) is 5.23 Å². The zero-order valence-corrected chi connectivity index (χ0v) is 9.10. The molecule has 0 fully saturated rings. The molecule has 0 heterocycles. The Morgan fingerprint density at radius 2 is 1.77 bits per heavy atom. The highest BCUT2D eigenvalue weighted by Gasteiger charge is 2.24. The minimum atomic E-state index is -0.593. The van der Waals surface area contributed by atoms with Gasteiger partial charge in [-0.1, -0.05) is 13.8 Å². The normalized spacial score (nSPS) is 11.5. The molecule has 0 aliphatic rings. The summed E-state index contributed by atoms with van der Waals surface area (Å²) >= 11 is 0. The fourth-order valence-electron chi connectivity index (χ4n) is 0.637. The Hall–Kier alpha value is -0.635. The van der Waals surface area contributed by atoms with Gasteiger partial charge in [0.15, 0.2) is 0 Å². The van der Waals surface area contributed by atoms with Gasteiger partial charge in [0.25, 0.3) is 7.41 Å². The van der Waals surface area contributed by atoms with Gasteiger partial charge in [0.2, 0.25) is 0 Å². The molecule has 0 saturated carbocycles. The molecule has 0 rings (SSSR count). The van der Waals surface area contributed by atoms with Crippen molar-refractivity contribution in [3.63, 3.8) is 0 Å². The topological polar surface area (TPSA) is 46.2 Å². The second kappa shape index (κ2) is 4.56. The molecule has 13 heavy (non-hydrogen) atoms. The predicted octanol–water partition coefficient (Wildman–Crippen LogP) is 0.478. The summed E-state index contributed by atoms with van der Waals surface area (Å²) in [5.74, 6) is 0.0688. The van der Waals surface area contributed by atoms with E-state index < -0.39 is 5.54 Å². The fraction of sp³-hybridized carbons (Fsp3) is 0.778. The molecular weight excluding hydrogens is 165 g/mol. The summed E-state index contributed by atoms with van der Waals surface area (Å²) in [6.45, 7) is 8.79. The minimum Gasteiger partial charge on any atom is -0.341 e. The van der Waals surface area contributed by atoms with E-state index >= 15 is 0 Å². The SMILES string of the molecule is CC(=O)C(C)(C)NBC(=O)C(C)C. The Balaban J connectivity index is 4.03. The Morgan fingerprint density at radius 3 is 2.08 bits per heavy atom. The van der Waals surface area contributed by atoms with E-state index in [0.29, 0.717) is 0 Å². The summed E-state index contributed by atoms with van der Waals surface area (Å²) in [7, 11) is 0.268. The van der Waals surface area contributed by atoms with Crippen molar-refractivity contribution in [1.29, 1.82) is 0 Å². The van der Waals surface area contributed by atoms with Gasteiger partial charge in [-0.15, -0.1) is 0 Å². The smallest absolute Gasteiger partial charge is 0.283 e. The van der Waals surface area contributed by atoms with Crippen molar-refractivity contribution in [2.75, 3.05) is 0 Å². The van der Waals surface area contributed by atoms with Gasteiger partial charge >= 0.3 is 0 Å². The van der Waals surface area contributed by atoms with Crippen LogP contribution in [0.25, 0.3) is 0 Å². The summed E-state index contributed by atoms with van der Waals surface area (Å²) < 4.78 is 0. The van der Waals surface area contributed by atoms with E-state index in [4.69, 9.17) is 0 Å². The molecule has 0 saturated heterocycles. The summed E-state index contributed by atoms with van der Waals surface area (Å²) in [6.07, 6.45) is 0. The number of carbonyl (C=O) groups is 2. The second-order valence-electron chi connectivity index (χ2n) is 4.16. The molecule has 3 nitrogen and oxygen atoms in total. The molecule has 0 aliphatic heterocycles. The number of carbonyl (C=O) groups excluding carboxylic acids is 2. The van der Waals surface area contributed by atoms with Crippen molar-refractivity contribution in [2.24, 2.45) is 5.92 Å². The third kappa shape index (κ3) is 4.22. The van der Waals surface area contributed by atoms with Gasteiger partial charge in [-0.3, -0.25) is 4.79 Å². The largest absolute Gasteiger partial charge is 0.341 e. The average molecular weight is 183 g/mol. The lowest BCUT2D eigenvalue weighted by Crippen LogP contribution is -2.50. The fourth-order valence-corrected chi connectivity index (χ4v) is 0.637. The standard InChI is InChI=1S/C9H18BNO2/c1-6(2)8(13)10-11-9(4,5)7(3)12/h6,10-11H,1-5H3. The Labute approximate surface area is 80.5 Å². The number of Topliss-reactive ketones (excluding diaryl/α,β-unsaturated/α-hetero) is 1. The number of hydrogen-bond donors (Lipinski definition) is 1. The van der Waals surface area contributed by atoms with Gasteiger partial charge in [-0.05, 0) is 20.8 Å². The zero-order chi connectivity index (χ0) is 10.6. The first kappa shape index (κ1) is 12.4. The van der Waals surface area contributed by atoms with Crippen LogP contribution >= 0.6 is 0 Å². The molecule has 0 spiro atoms. The molecule has 0 amide bonds. The van der Waals surface area contributed by atoms with Crippen LogP contribution in [0.4, 0.5) is 0 Å². The number of ketones is 1. The maximum Gasteiger partial charge on any atom is 0.283 e. The van der Waals surface area contributed by atoms with Crippen LogP contribution in [0.15, 0.2) is 0 Å².